The van der Waals surface area contributed by atoms with Crippen LogP contribution in [0.15, 0.2) is 65.1 Å². The molecule has 0 saturated carbocycles. The van der Waals surface area contributed by atoms with Crippen LogP contribution in [0.1, 0.15) is 6.92 Å². The minimum atomic E-state index is -0.601. The molecule has 0 aliphatic carbocycles. The van der Waals surface area contributed by atoms with Crippen LogP contribution in [-0.4, -0.2) is 38.3 Å². The summed E-state index contributed by atoms with van der Waals surface area (Å²) in [6, 6.07) is 18.1. The number of thiophene rings is 1. The topological polar surface area (TPSA) is 60.2 Å². The van der Waals surface area contributed by atoms with E-state index in [1.807, 2.05) is 47.8 Å². The van der Waals surface area contributed by atoms with Gasteiger partial charge in [-0.05, 0) is 29.8 Å². The highest BCUT2D eigenvalue weighted by Gasteiger charge is 2.16. The number of hydrogen-bond donors (Lipinski definition) is 1. The Bertz CT molecular complexity index is 1040. The van der Waals surface area contributed by atoms with Gasteiger partial charge in [-0.15, -0.1) is 21.5 Å². The van der Waals surface area contributed by atoms with Crippen molar-refractivity contribution in [3.8, 4) is 16.5 Å². The van der Waals surface area contributed by atoms with Crippen molar-refractivity contribution in [1.29, 1.82) is 0 Å². The molecule has 4 rings (SSSR count). The van der Waals surface area contributed by atoms with Crippen molar-refractivity contribution in [2.45, 2.75) is 24.7 Å². The molecule has 144 valence electrons. The summed E-state index contributed by atoms with van der Waals surface area (Å²) in [6.07, 6.45) is -0.601. The van der Waals surface area contributed by atoms with Crippen LogP contribution >= 0.6 is 23.1 Å². The molecule has 28 heavy (non-hydrogen) atoms. The van der Waals surface area contributed by atoms with Gasteiger partial charge >= 0.3 is 0 Å². The summed E-state index contributed by atoms with van der Waals surface area (Å²) in [6.45, 7) is 3.09. The molecule has 2 heterocycles. The Labute approximate surface area is 172 Å². The van der Waals surface area contributed by atoms with E-state index in [0.29, 0.717) is 5.75 Å². The highest BCUT2D eigenvalue weighted by Crippen LogP contribution is 2.28. The van der Waals surface area contributed by atoms with Crippen molar-refractivity contribution >= 4 is 33.9 Å². The quantitative estimate of drug-likeness (QED) is 0.426. The Morgan fingerprint density at radius 3 is 2.79 bits per heavy atom. The van der Waals surface area contributed by atoms with Crippen molar-refractivity contribution in [3.05, 3.63) is 60.0 Å². The Morgan fingerprint density at radius 2 is 1.96 bits per heavy atom. The van der Waals surface area contributed by atoms with Crippen LogP contribution in [0.25, 0.3) is 21.5 Å². The fourth-order valence-electron chi connectivity index (χ4n) is 2.99. The molecule has 1 atom stereocenters. The van der Waals surface area contributed by atoms with Crippen LogP contribution in [0.5, 0.6) is 5.75 Å². The van der Waals surface area contributed by atoms with Gasteiger partial charge < -0.3 is 14.4 Å². The predicted molar refractivity (Wildman–Crippen MR) is 115 cm³/mol. The lowest BCUT2D eigenvalue weighted by atomic mass is 10.1. The molecule has 0 amide bonds. The van der Waals surface area contributed by atoms with Gasteiger partial charge in [-0.1, -0.05) is 54.2 Å². The van der Waals surface area contributed by atoms with Gasteiger partial charge in [0.1, 0.15) is 12.4 Å². The van der Waals surface area contributed by atoms with Crippen LogP contribution in [0.4, 0.5) is 0 Å². The molecule has 2 aromatic heterocycles. The maximum absolute atomic E-state index is 10.4. The second-order valence-corrected chi connectivity index (χ2v) is 8.22. The van der Waals surface area contributed by atoms with E-state index in [4.69, 9.17) is 4.74 Å². The number of aromatic nitrogens is 3. The number of hydrogen-bond acceptors (Lipinski definition) is 6. The van der Waals surface area contributed by atoms with E-state index in [1.54, 1.807) is 11.3 Å². The average Bonchev–Trinajstić information content (AvgIpc) is 3.39. The van der Waals surface area contributed by atoms with Gasteiger partial charge in [-0.25, -0.2) is 0 Å². The van der Waals surface area contributed by atoms with E-state index >= 15 is 0 Å². The number of rotatable bonds is 8. The zero-order chi connectivity index (χ0) is 19.3. The molecule has 0 fully saturated rings. The number of nitrogens with zero attached hydrogens (tertiary/aromatic N) is 3. The summed E-state index contributed by atoms with van der Waals surface area (Å²) in [5.74, 6) is 2.16. The number of fused-ring (bicyclic) bond motifs is 1. The van der Waals surface area contributed by atoms with E-state index in [0.717, 1.165) is 38.9 Å². The third-order valence-corrected chi connectivity index (χ3v) is 6.34. The van der Waals surface area contributed by atoms with Crippen LogP contribution in [0.2, 0.25) is 0 Å². The smallest absolute Gasteiger partial charge is 0.191 e. The Hall–Kier alpha value is -2.35. The molecular formula is C21H21N3O2S2. The van der Waals surface area contributed by atoms with Gasteiger partial charge in [0.2, 0.25) is 0 Å². The molecule has 0 unspecified atom stereocenters. The Morgan fingerprint density at radius 1 is 1.11 bits per heavy atom. The third-order valence-electron chi connectivity index (χ3n) is 4.36. The average molecular weight is 412 g/mol. The summed E-state index contributed by atoms with van der Waals surface area (Å²) in [7, 11) is 0. The van der Waals surface area contributed by atoms with E-state index < -0.39 is 6.10 Å². The van der Waals surface area contributed by atoms with Gasteiger partial charge in [0, 0.05) is 17.7 Å². The van der Waals surface area contributed by atoms with Crippen LogP contribution < -0.4 is 4.74 Å². The van der Waals surface area contributed by atoms with Crippen molar-refractivity contribution in [2.75, 3.05) is 12.4 Å². The molecular weight excluding hydrogens is 390 g/mol. The van der Waals surface area contributed by atoms with Crippen LogP contribution in [-0.2, 0) is 6.54 Å². The monoisotopic (exact) mass is 411 g/mol. The second kappa shape index (κ2) is 8.77. The summed E-state index contributed by atoms with van der Waals surface area (Å²) in [4.78, 5) is 1.10. The number of aliphatic hydroxyl groups is 1. The first-order chi connectivity index (χ1) is 13.8. The number of benzene rings is 2. The summed E-state index contributed by atoms with van der Waals surface area (Å²) < 4.78 is 7.96. The molecule has 0 bridgehead atoms. The highest BCUT2D eigenvalue weighted by molar-refractivity contribution is 7.99. The van der Waals surface area contributed by atoms with E-state index in [-0.39, 0.29) is 6.61 Å². The summed E-state index contributed by atoms with van der Waals surface area (Å²) in [5, 5.41) is 24.1. The number of thioether (sulfide) groups is 1. The molecule has 0 aliphatic heterocycles. The minimum absolute atomic E-state index is 0.235. The molecule has 0 radical (unpaired) electrons. The molecule has 7 heteroatoms. The second-order valence-electron chi connectivity index (χ2n) is 6.28. The minimum Gasteiger partial charge on any atom is -0.490 e. The maximum Gasteiger partial charge on any atom is 0.191 e. The molecule has 5 nitrogen and oxygen atoms in total. The van der Waals surface area contributed by atoms with Crippen molar-refractivity contribution < 1.29 is 9.84 Å². The lowest BCUT2D eigenvalue weighted by Gasteiger charge is -2.14. The molecule has 4 aromatic rings. The Kier molecular flexibility index (Phi) is 5.95. The SMILES string of the molecule is CCn1c(SC[C@@H](O)COc2cccc3ccccc23)nnc1-c1cccs1. The Balaban J connectivity index is 1.38. The number of aliphatic hydroxyl groups excluding tert-OH is 1. The van der Waals surface area contributed by atoms with Gasteiger partial charge in [-0.3, -0.25) is 0 Å². The molecule has 2 aromatic carbocycles. The fraction of sp³-hybridized carbons (Fsp3) is 0.238. The third kappa shape index (κ3) is 4.06. The number of ether oxygens (including phenoxy) is 1. The fourth-order valence-corrected chi connectivity index (χ4v) is 4.62. The van der Waals surface area contributed by atoms with Gasteiger partial charge in [-0.2, -0.15) is 0 Å². The lowest BCUT2D eigenvalue weighted by molar-refractivity contribution is 0.127. The molecule has 0 spiro atoms. The normalized spacial score (nSPS) is 12.4. The molecule has 1 N–H and O–H groups in total. The van der Waals surface area contributed by atoms with E-state index in [1.165, 1.54) is 11.8 Å². The first-order valence-electron chi connectivity index (χ1n) is 9.14. The largest absolute Gasteiger partial charge is 0.490 e. The van der Waals surface area contributed by atoms with Gasteiger partial charge in [0.25, 0.3) is 0 Å². The maximum atomic E-state index is 10.4. The lowest BCUT2D eigenvalue weighted by Crippen LogP contribution is -2.20. The van der Waals surface area contributed by atoms with Crippen LogP contribution in [0.3, 0.4) is 0 Å². The van der Waals surface area contributed by atoms with Crippen molar-refractivity contribution in [3.63, 3.8) is 0 Å². The summed E-state index contributed by atoms with van der Waals surface area (Å²) in [5.41, 5.74) is 0. The zero-order valence-electron chi connectivity index (χ0n) is 15.5. The van der Waals surface area contributed by atoms with Gasteiger partial charge in [0.05, 0.1) is 11.0 Å². The first kappa shape index (κ1) is 19.0. The zero-order valence-corrected chi connectivity index (χ0v) is 17.1. The van der Waals surface area contributed by atoms with E-state index in [2.05, 4.69) is 33.8 Å². The highest BCUT2D eigenvalue weighted by atomic mass is 32.2. The molecule has 0 saturated heterocycles. The predicted octanol–water partition coefficient (Wildman–Crippen LogP) is 4.71. The van der Waals surface area contributed by atoms with Gasteiger partial charge in [0.15, 0.2) is 11.0 Å². The van der Waals surface area contributed by atoms with E-state index in [9.17, 15) is 5.11 Å². The van der Waals surface area contributed by atoms with Crippen molar-refractivity contribution in [2.24, 2.45) is 0 Å². The molecule has 0 aliphatic rings. The first-order valence-corrected chi connectivity index (χ1v) is 11.0. The standard InChI is InChI=1S/C21H21N3O2S2/c1-2-24-20(19-11-6-12-27-19)22-23-21(24)28-14-16(25)13-26-18-10-5-8-15-7-3-4-9-17(15)18/h3-12,16,25H,2,13-14H2,1H3/t16-/m0/s1. The summed E-state index contributed by atoms with van der Waals surface area (Å²) >= 11 is 3.15. The van der Waals surface area contributed by atoms with Crippen LogP contribution in [0, 0.1) is 0 Å². The van der Waals surface area contributed by atoms with Crippen molar-refractivity contribution in [1.82, 2.24) is 14.8 Å².